The van der Waals surface area contributed by atoms with Crippen LogP contribution in [0, 0.1) is 11.6 Å². The van der Waals surface area contributed by atoms with Gasteiger partial charge >= 0.3 is 0 Å². The van der Waals surface area contributed by atoms with Crippen molar-refractivity contribution in [3.8, 4) is 0 Å². The summed E-state index contributed by atoms with van der Waals surface area (Å²) in [5.74, 6) is -1.47. The highest BCUT2D eigenvalue weighted by Gasteiger charge is 2.38. The summed E-state index contributed by atoms with van der Waals surface area (Å²) in [6.07, 6.45) is 3.43. The lowest BCUT2D eigenvalue weighted by atomic mass is 9.93. The SMILES string of the molecule is O=S([O-])N(Cc1cc(F)cc(F)c1)C1CN(C(c2ccncc2)c2ccc(Cl)cc2)C1. The summed E-state index contributed by atoms with van der Waals surface area (Å²) in [4.78, 5) is 6.22. The number of hydrogen-bond acceptors (Lipinski definition) is 4. The third-order valence-corrected chi connectivity index (χ3v) is 6.38. The van der Waals surface area contributed by atoms with E-state index in [9.17, 15) is 17.5 Å². The van der Waals surface area contributed by atoms with Gasteiger partial charge in [0, 0.05) is 60.4 Å². The minimum absolute atomic E-state index is 0.0925. The van der Waals surface area contributed by atoms with Gasteiger partial charge in [-0.2, -0.15) is 0 Å². The molecule has 0 saturated carbocycles. The molecule has 1 fully saturated rings. The molecule has 162 valence electrons. The molecule has 2 atom stereocenters. The van der Waals surface area contributed by atoms with E-state index in [0.29, 0.717) is 18.1 Å². The van der Waals surface area contributed by atoms with E-state index in [-0.39, 0.29) is 24.2 Å². The number of aromatic nitrogens is 1. The van der Waals surface area contributed by atoms with Crippen molar-refractivity contribution < 1.29 is 17.5 Å². The topological polar surface area (TPSA) is 59.5 Å². The zero-order valence-electron chi connectivity index (χ0n) is 16.3. The average molecular weight is 463 g/mol. The average Bonchev–Trinajstić information content (AvgIpc) is 2.70. The minimum Gasteiger partial charge on any atom is -0.760 e. The van der Waals surface area contributed by atoms with Crippen LogP contribution in [-0.2, 0) is 17.8 Å². The zero-order valence-corrected chi connectivity index (χ0v) is 17.9. The summed E-state index contributed by atoms with van der Waals surface area (Å²) in [6.45, 7) is 0.854. The van der Waals surface area contributed by atoms with Gasteiger partial charge in [-0.15, -0.1) is 0 Å². The van der Waals surface area contributed by atoms with Crippen LogP contribution in [0.3, 0.4) is 0 Å². The molecule has 1 saturated heterocycles. The first-order valence-corrected chi connectivity index (χ1v) is 11.0. The molecule has 9 heteroatoms. The van der Waals surface area contributed by atoms with Gasteiger partial charge in [0.05, 0.1) is 6.04 Å². The first-order valence-electron chi connectivity index (χ1n) is 9.61. The Hall–Kier alpha value is -2.23. The smallest absolute Gasteiger partial charge is 0.126 e. The predicted molar refractivity (Wildman–Crippen MR) is 114 cm³/mol. The van der Waals surface area contributed by atoms with Crippen LogP contribution in [0.2, 0.25) is 5.02 Å². The van der Waals surface area contributed by atoms with Crippen LogP contribution in [0.25, 0.3) is 0 Å². The van der Waals surface area contributed by atoms with Crippen LogP contribution in [0.15, 0.2) is 67.0 Å². The Morgan fingerprint density at radius 1 is 1.06 bits per heavy atom. The normalized spacial score (nSPS) is 16.8. The molecular weight excluding hydrogens is 444 g/mol. The van der Waals surface area contributed by atoms with E-state index >= 15 is 0 Å². The molecule has 1 aromatic heterocycles. The van der Waals surface area contributed by atoms with E-state index in [1.807, 2.05) is 36.4 Å². The molecule has 0 amide bonds. The monoisotopic (exact) mass is 462 g/mol. The summed E-state index contributed by atoms with van der Waals surface area (Å²) in [7, 11) is 0. The molecule has 1 aliphatic rings. The summed E-state index contributed by atoms with van der Waals surface area (Å²) in [5, 5.41) is 0.633. The first-order chi connectivity index (χ1) is 14.9. The van der Waals surface area contributed by atoms with Gasteiger partial charge < -0.3 is 4.55 Å². The third-order valence-electron chi connectivity index (χ3n) is 5.32. The molecule has 1 aliphatic heterocycles. The van der Waals surface area contributed by atoms with E-state index in [0.717, 1.165) is 29.3 Å². The number of likely N-dealkylation sites (tertiary alicyclic amines) is 1. The Kier molecular flexibility index (Phi) is 6.74. The van der Waals surface area contributed by atoms with Crippen LogP contribution in [0.4, 0.5) is 8.78 Å². The lowest BCUT2D eigenvalue weighted by molar-refractivity contribution is 0.0493. The number of halogens is 3. The molecule has 5 nitrogen and oxygen atoms in total. The molecular formula is C22H19ClF2N3O2S-. The Balaban J connectivity index is 1.53. The lowest BCUT2D eigenvalue weighted by Crippen LogP contribution is -2.60. The second-order valence-corrected chi connectivity index (χ2v) is 8.75. The number of rotatable bonds is 7. The maximum Gasteiger partial charge on any atom is 0.126 e. The van der Waals surface area contributed by atoms with Crippen molar-refractivity contribution in [1.82, 2.24) is 14.2 Å². The molecule has 3 aromatic rings. The minimum atomic E-state index is -2.53. The van der Waals surface area contributed by atoms with Gasteiger partial charge in [-0.25, -0.2) is 13.1 Å². The molecule has 2 aromatic carbocycles. The number of benzene rings is 2. The van der Waals surface area contributed by atoms with Gasteiger partial charge in [-0.1, -0.05) is 23.7 Å². The van der Waals surface area contributed by atoms with Gasteiger partial charge in [0.2, 0.25) is 0 Å². The fourth-order valence-electron chi connectivity index (χ4n) is 3.87. The van der Waals surface area contributed by atoms with Crippen LogP contribution in [0.1, 0.15) is 22.7 Å². The highest BCUT2D eigenvalue weighted by molar-refractivity contribution is 7.76. The van der Waals surface area contributed by atoms with Crippen LogP contribution in [0.5, 0.6) is 0 Å². The van der Waals surface area contributed by atoms with Crippen molar-refractivity contribution in [2.24, 2.45) is 0 Å². The standard InChI is InChI=1S/C22H20ClF2N3O2S/c23-18-3-1-16(2-4-18)22(17-5-7-26-8-6-17)27-13-21(14-27)28(31(29)30)12-15-9-19(24)11-20(25)10-15/h1-11,21-22H,12-14H2,(H,29,30)/p-1. The summed E-state index contributed by atoms with van der Waals surface area (Å²) < 4.78 is 52.0. The summed E-state index contributed by atoms with van der Waals surface area (Å²) in [5.41, 5.74) is 2.32. The fourth-order valence-corrected chi connectivity index (χ4v) is 4.63. The van der Waals surface area contributed by atoms with Gasteiger partial charge in [0.1, 0.15) is 11.6 Å². The van der Waals surface area contributed by atoms with Crippen LogP contribution in [-0.4, -0.2) is 42.1 Å². The molecule has 0 spiro atoms. The van der Waals surface area contributed by atoms with Crippen molar-refractivity contribution in [3.63, 3.8) is 0 Å². The number of hydrogen-bond donors (Lipinski definition) is 0. The van der Waals surface area contributed by atoms with Crippen molar-refractivity contribution in [2.45, 2.75) is 18.6 Å². The quantitative estimate of drug-likeness (QED) is 0.496. The molecule has 0 radical (unpaired) electrons. The second-order valence-electron chi connectivity index (χ2n) is 7.41. The van der Waals surface area contributed by atoms with E-state index in [1.54, 1.807) is 12.4 Å². The Morgan fingerprint density at radius 3 is 2.23 bits per heavy atom. The predicted octanol–water partition coefficient (Wildman–Crippen LogP) is 4.08. The fraction of sp³-hybridized carbons (Fsp3) is 0.227. The molecule has 4 rings (SSSR count). The highest BCUT2D eigenvalue weighted by Crippen LogP contribution is 2.34. The summed E-state index contributed by atoms with van der Waals surface area (Å²) >= 11 is 3.50. The summed E-state index contributed by atoms with van der Waals surface area (Å²) in [6, 6.07) is 14.0. The van der Waals surface area contributed by atoms with E-state index < -0.39 is 22.9 Å². The Morgan fingerprint density at radius 2 is 1.65 bits per heavy atom. The molecule has 0 bridgehead atoms. The largest absolute Gasteiger partial charge is 0.760 e. The van der Waals surface area contributed by atoms with E-state index in [4.69, 9.17) is 11.6 Å². The molecule has 2 unspecified atom stereocenters. The molecule has 31 heavy (non-hydrogen) atoms. The van der Waals surface area contributed by atoms with Crippen molar-refractivity contribution in [2.75, 3.05) is 13.1 Å². The third kappa shape index (κ3) is 5.16. The van der Waals surface area contributed by atoms with Gasteiger partial charge in [-0.3, -0.25) is 14.1 Å². The Labute approximate surface area is 186 Å². The maximum atomic E-state index is 13.5. The molecule has 0 aliphatic carbocycles. The van der Waals surface area contributed by atoms with Crippen LogP contribution >= 0.6 is 11.6 Å². The van der Waals surface area contributed by atoms with Gasteiger partial charge in [-0.05, 0) is 53.1 Å². The second kappa shape index (κ2) is 9.50. The first kappa shape index (κ1) is 22.0. The van der Waals surface area contributed by atoms with Crippen LogP contribution < -0.4 is 0 Å². The molecule has 2 heterocycles. The maximum absolute atomic E-state index is 13.5. The highest BCUT2D eigenvalue weighted by atomic mass is 35.5. The Bertz CT molecular complexity index is 1050. The van der Waals surface area contributed by atoms with Gasteiger partial charge in [0.25, 0.3) is 0 Å². The number of nitrogens with zero attached hydrogens (tertiary/aromatic N) is 3. The van der Waals surface area contributed by atoms with E-state index in [1.165, 1.54) is 4.31 Å². The van der Waals surface area contributed by atoms with Gasteiger partial charge in [0.15, 0.2) is 0 Å². The number of pyridine rings is 1. The van der Waals surface area contributed by atoms with Crippen molar-refractivity contribution >= 4 is 22.9 Å². The molecule has 0 N–H and O–H groups in total. The van der Waals surface area contributed by atoms with E-state index in [2.05, 4.69) is 9.88 Å². The van der Waals surface area contributed by atoms with Crippen molar-refractivity contribution in [3.05, 3.63) is 100 Å². The van der Waals surface area contributed by atoms with Crippen molar-refractivity contribution in [1.29, 1.82) is 0 Å². The zero-order chi connectivity index (χ0) is 22.0. The lowest BCUT2D eigenvalue weighted by Gasteiger charge is -2.49.